The molecule has 8 heteroatoms. The molecule has 176 valence electrons. The normalized spacial score (nSPS) is 24.6. The van der Waals surface area contributed by atoms with Crippen LogP contribution in [0, 0.1) is 0 Å². The number of carboxylic acid groups (broad SMARTS) is 1. The number of methoxy groups -OCH3 is 2. The number of nitrogens with zero attached hydrogens (tertiary/aromatic N) is 1. The Hall–Kier alpha value is -3.26. The molecule has 2 aromatic rings. The zero-order valence-corrected chi connectivity index (χ0v) is 19.3. The molecule has 1 aliphatic carbocycles. The Bertz CT molecular complexity index is 1030. The highest BCUT2D eigenvalue weighted by atomic mass is 16.5. The molecule has 2 aliphatic rings. The molecule has 1 aliphatic heterocycles. The van der Waals surface area contributed by atoms with Gasteiger partial charge < -0.3 is 30.1 Å². The van der Waals surface area contributed by atoms with Crippen LogP contribution in [-0.2, 0) is 5.41 Å². The number of fused-ring (bicyclic) bond motifs is 1. The lowest BCUT2D eigenvalue weighted by Gasteiger charge is -2.45. The van der Waals surface area contributed by atoms with Crippen molar-refractivity contribution in [2.75, 3.05) is 33.1 Å². The van der Waals surface area contributed by atoms with E-state index < -0.39 is 5.97 Å². The maximum Gasteiger partial charge on any atom is 0.335 e. The second-order valence-electron chi connectivity index (χ2n) is 8.92. The summed E-state index contributed by atoms with van der Waals surface area (Å²) in [6, 6.07) is 12.5. The van der Waals surface area contributed by atoms with Crippen LogP contribution in [0.3, 0.4) is 0 Å². The third-order valence-electron chi connectivity index (χ3n) is 7.21. The summed E-state index contributed by atoms with van der Waals surface area (Å²) in [5.74, 6) is 0.474. The monoisotopic (exact) mass is 453 g/mol. The average Bonchev–Trinajstić information content (AvgIpc) is 3.16. The van der Waals surface area contributed by atoms with E-state index in [2.05, 4.69) is 34.7 Å². The predicted octanol–water partition coefficient (Wildman–Crippen LogP) is 3.72. The first kappa shape index (κ1) is 22.9. The van der Waals surface area contributed by atoms with Gasteiger partial charge in [0.1, 0.15) is 0 Å². The quantitative estimate of drug-likeness (QED) is 0.617. The van der Waals surface area contributed by atoms with Crippen LogP contribution < -0.4 is 20.1 Å². The van der Waals surface area contributed by atoms with Gasteiger partial charge in [-0.3, -0.25) is 0 Å². The number of carbonyl (C=O) groups excluding carboxylic acids is 1. The number of urea groups is 1. The Morgan fingerprint density at radius 1 is 1.06 bits per heavy atom. The third kappa shape index (κ3) is 4.48. The van der Waals surface area contributed by atoms with Gasteiger partial charge in [0.2, 0.25) is 0 Å². The molecule has 0 aromatic heterocycles. The van der Waals surface area contributed by atoms with Crippen LogP contribution in [0.15, 0.2) is 42.5 Å². The standard InChI is InChI=1S/C25H31N3O5/c1-28-13-12-25(17-6-9-20(32-2)21(14-17)33-3)11-10-19(15-22(25)28)27-24(31)26-18-7-4-16(5-8-18)23(29)30/h4-9,14,19,22H,10-13,15H2,1-3H3,(H,29,30)(H2,26,27,31)/t19-,22+,25+/m1/s1. The SMILES string of the molecule is COc1ccc([C@@]23CC[C@@H](NC(=O)Nc4ccc(C(=O)O)cc4)C[C@@H]2N(C)CC3)cc1OC. The fourth-order valence-electron chi connectivity index (χ4n) is 5.44. The lowest BCUT2D eigenvalue weighted by Crippen LogP contribution is -2.52. The summed E-state index contributed by atoms with van der Waals surface area (Å²) in [5, 5.41) is 14.9. The minimum Gasteiger partial charge on any atom is -0.493 e. The number of hydrogen-bond acceptors (Lipinski definition) is 5. The molecule has 2 aromatic carbocycles. The first-order valence-electron chi connectivity index (χ1n) is 11.2. The van der Waals surface area contributed by atoms with Crippen LogP contribution >= 0.6 is 0 Å². The zero-order valence-electron chi connectivity index (χ0n) is 19.3. The van der Waals surface area contributed by atoms with E-state index in [4.69, 9.17) is 14.6 Å². The van der Waals surface area contributed by atoms with Crippen molar-refractivity contribution in [1.29, 1.82) is 0 Å². The summed E-state index contributed by atoms with van der Waals surface area (Å²) in [6.45, 7) is 1.01. The zero-order chi connectivity index (χ0) is 23.6. The Kier molecular flexibility index (Phi) is 6.47. The lowest BCUT2D eigenvalue weighted by atomic mass is 9.65. The fraction of sp³-hybridized carbons (Fsp3) is 0.440. The van der Waals surface area contributed by atoms with Crippen LogP contribution in [0.5, 0.6) is 11.5 Å². The molecule has 0 unspecified atom stereocenters. The number of rotatable bonds is 6. The second kappa shape index (κ2) is 9.31. The minimum absolute atomic E-state index is 0.0234. The summed E-state index contributed by atoms with van der Waals surface area (Å²) in [7, 11) is 5.45. The summed E-state index contributed by atoms with van der Waals surface area (Å²) in [4.78, 5) is 26.0. The number of nitrogens with one attached hydrogen (secondary N) is 2. The van der Waals surface area contributed by atoms with E-state index >= 15 is 0 Å². The number of benzene rings is 2. The highest BCUT2D eigenvalue weighted by Gasteiger charge is 2.50. The van der Waals surface area contributed by atoms with Crippen molar-refractivity contribution in [2.24, 2.45) is 0 Å². The van der Waals surface area contributed by atoms with E-state index in [-0.39, 0.29) is 23.1 Å². The highest BCUT2D eigenvalue weighted by molar-refractivity contribution is 5.91. The van der Waals surface area contributed by atoms with Gasteiger partial charge in [0, 0.05) is 23.2 Å². The van der Waals surface area contributed by atoms with Gasteiger partial charge in [-0.1, -0.05) is 6.07 Å². The van der Waals surface area contributed by atoms with E-state index in [0.29, 0.717) is 11.7 Å². The van der Waals surface area contributed by atoms with Gasteiger partial charge in [-0.2, -0.15) is 0 Å². The molecule has 2 fully saturated rings. The molecular weight excluding hydrogens is 422 g/mol. The summed E-state index contributed by atoms with van der Waals surface area (Å²) >= 11 is 0. The molecule has 1 saturated heterocycles. The number of hydrogen-bond donors (Lipinski definition) is 3. The van der Waals surface area contributed by atoms with Crippen LogP contribution in [-0.4, -0.2) is 61.9 Å². The van der Waals surface area contributed by atoms with Gasteiger partial charge in [-0.05, 0) is 81.2 Å². The molecule has 3 N–H and O–H groups in total. The molecule has 1 saturated carbocycles. The topological polar surface area (TPSA) is 100 Å². The Balaban J connectivity index is 1.45. The van der Waals surface area contributed by atoms with Gasteiger partial charge in [0.25, 0.3) is 0 Å². The highest BCUT2D eigenvalue weighted by Crippen LogP contribution is 2.49. The van der Waals surface area contributed by atoms with Gasteiger partial charge in [0.05, 0.1) is 19.8 Å². The van der Waals surface area contributed by atoms with Crippen molar-refractivity contribution in [3.05, 3.63) is 53.6 Å². The van der Waals surface area contributed by atoms with Gasteiger partial charge >= 0.3 is 12.0 Å². The molecule has 0 radical (unpaired) electrons. The molecule has 0 spiro atoms. The Morgan fingerprint density at radius 3 is 2.45 bits per heavy atom. The number of carbonyl (C=O) groups is 2. The van der Waals surface area contributed by atoms with E-state index in [1.165, 1.54) is 17.7 Å². The largest absolute Gasteiger partial charge is 0.493 e. The van der Waals surface area contributed by atoms with Crippen molar-refractivity contribution >= 4 is 17.7 Å². The Morgan fingerprint density at radius 2 is 1.79 bits per heavy atom. The predicted molar refractivity (Wildman–Crippen MR) is 125 cm³/mol. The van der Waals surface area contributed by atoms with Crippen LogP contribution in [0.1, 0.15) is 41.6 Å². The number of anilines is 1. The average molecular weight is 454 g/mol. The van der Waals surface area contributed by atoms with Crippen LogP contribution in [0.2, 0.25) is 0 Å². The second-order valence-corrected chi connectivity index (χ2v) is 8.92. The fourth-order valence-corrected chi connectivity index (χ4v) is 5.44. The number of likely N-dealkylation sites (tertiary alicyclic amines) is 1. The van der Waals surface area contributed by atoms with Crippen molar-refractivity contribution in [3.63, 3.8) is 0 Å². The van der Waals surface area contributed by atoms with Crippen molar-refractivity contribution in [1.82, 2.24) is 10.2 Å². The van der Waals surface area contributed by atoms with Gasteiger partial charge in [-0.25, -0.2) is 9.59 Å². The van der Waals surface area contributed by atoms with E-state index in [9.17, 15) is 9.59 Å². The maximum absolute atomic E-state index is 12.6. The molecule has 8 nitrogen and oxygen atoms in total. The van der Waals surface area contributed by atoms with Gasteiger partial charge in [-0.15, -0.1) is 0 Å². The smallest absolute Gasteiger partial charge is 0.335 e. The van der Waals surface area contributed by atoms with Crippen molar-refractivity contribution < 1.29 is 24.2 Å². The molecule has 33 heavy (non-hydrogen) atoms. The van der Waals surface area contributed by atoms with Crippen molar-refractivity contribution in [2.45, 2.75) is 43.2 Å². The number of likely N-dealkylation sites (N-methyl/N-ethyl adjacent to an activating group) is 1. The number of ether oxygens (including phenoxy) is 2. The van der Waals surface area contributed by atoms with Crippen LogP contribution in [0.25, 0.3) is 0 Å². The summed E-state index contributed by atoms with van der Waals surface area (Å²) in [6.07, 6.45) is 3.77. The summed E-state index contributed by atoms with van der Waals surface area (Å²) in [5.41, 5.74) is 2.03. The molecule has 1 heterocycles. The Labute approximate surface area is 193 Å². The molecular formula is C25H31N3O5. The molecule has 0 bridgehead atoms. The number of amides is 2. The van der Waals surface area contributed by atoms with Crippen molar-refractivity contribution in [3.8, 4) is 11.5 Å². The number of aromatic carboxylic acids is 1. The minimum atomic E-state index is -0.994. The van der Waals surface area contributed by atoms with Crippen LogP contribution in [0.4, 0.5) is 10.5 Å². The molecule has 4 rings (SSSR count). The van der Waals surface area contributed by atoms with E-state index in [0.717, 1.165) is 43.7 Å². The summed E-state index contributed by atoms with van der Waals surface area (Å²) < 4.78 is 11.0. The maximum atomic E-state index is 12.6. The van der Waals surface area contributed by atoms with E-state index in [1.54, 1.807) is 26.4 Å². The molecule has 3 atom stereocenters. The number of carboxylic acids is 1. The molecule has 2 amide bonds. The lowest BCUT2D eigenvalue weighted by molar-refractivity contribution is 0.0697. The van der Waals surface area contributed by atoms with Gasteiger partial charge in [0.15, 0.2) is 11.5 Å². The first-order chi connectivity index (χ1) is 15.9. The third-order valence-corrected chi connectivity index (χ3v) is 7.21. The first-order valence-corrected chi connectivity index (χ1v) is 11.2. The van der Waals surface area contributed by atoms with E-state index in [1.807, 2.05) is 6.07 Å².